The Balaban J connectivity index is 1.79. The van der Waals surface area contributed by atoms with E-state index in [1.54, 1.807) is 0 Å². The number of benzene rings is 1. The molecule has 0 radical (unpaired) electrons. The molecule has 1 saturated carbocycles. The van der Waals surface area contributed by atoms with Crippen molar-refractivity contribution < 1.29 is 9.59 Å². The minimum absolute atomic E-state index is 0.0764. The average molecular weight is 267 g/mol. The Morgan fingerprint density at radius 3 is 2.45 bits per heavy atom. The molecule has 2 aliphatic heterocycles. The SMILES string of the molecule is C[C@]12C[C@H]1[C@H]1CCCN1C21C(=O)c2ccccc2C1=O. The zero-order valence-electron chi connectivity index (χ0n) is 11.6. The van der Waals surface area contributed by atoms with Crippen LogP contribution in [-0.2, 0) is 0 Å². The van der Waals surface area contributed by atoms with E-state index in [1.165, 1.54) is 0 Å². The van der Waals surface area contributed by atoms with Crippen molar-refractivity contribution in [2.24, 2.45) is 11.3 Å². The predicted octanol–water partition coefficient (Wildman–Crippen LogP) is 2.31. The van der Waals surface area contributed by atoms with E-state index in [9.17, 15) is 9.59 Å². The molecular formula is C17H17NO2. The molecule has 3 atom stereocenters. The van der Waals surface area contributed by atoms with E-state index >= 15 is 0 Å². The second-order valence-electron chi connectivity index (χ2n) is 7.05. The van der Waals surface area contributed by atoms with Gasteiger partial charge in [-0.2, -0.15) is 0 Å². The van der Waals surface area contributed by atoms with Crippen LogP contribution in [0.25, 0.3) is 0 Å². The molecule has 0 bridgehead atoms. The van der Waals surface area contributed by atoms with Crippen molar-refractivity contribution in [3.8, 4) is 0 Å². The van der Waals surface area contributed by atoms with Crippen molar-refractivity contribution in [1.29, 1.82) is 0 Å². The lowest BCUT2D eigenvalue weighted by Crippen LogP contribution is -2.59. The molecule has 1 spiro atoms. The van der Waals surface area contributed by atoms with Gasteiger partial charge in [0.15, 0.2) is 17.1 Å². The molecule has 0 N–H and O–H groups in total. The fourth-order valence-electron chi connectivity index (χ4n) is 5.48. The molecule has 0 amide bonds. The van der Waals surface area contributed by atoms with Gasteiger partial charge in [0, 0.05) is 22.6 Å². The first kappa shape index (κ1) is 11.2. The zero-order valence-corrected chi connectivity index (χ0v) is 11.6. The average Bonchev–Trinajstić information content (AvgIpc) is 2.80. The topological polar surface area (TPSA) is 37.4 Å². The zero-order chi connectivity index (χ0) is 13.7. The van der Waals surface area contributed by atoms with Gasteiger partial charge in [-0.3, -0.25) is 14.5 Å². The molecule has 2 aliphatic carbocycles. The van der Waals surface area contributed by atoms with Gasteiger partial charge in [0.2, 0.25) is 0 Å². The first-order valence-electron chi connectivity index (χ1n) is 7.58. The molecule has 1 aromatic rings. The van der Waals surface area contributed by atoms with Gasteiger partial charge in [-0.1, -0.05) is 31.2 Å². The van der Waals surface area contributed by atoms with Crippen molar-refractivity contribution in [2.45, 2.75) is 37.8 Å². The number of nitrogens with zero attached hydrogens (tertiary/aromatic N) is 1. The van der Waals surface area contributed by atoms with Gasteiger partial charge in [-0.25, -0.2) is 0 Å². The number of hydrogen-bond donors (Lipinski definition) is 0. The summed E-state index contributed by atoms with van der Waals surface area (Å²) in [5.74, 6) is 0.701. The standard InChI is InChI=1S/C17H17NO2/c1-16-9-12(16)13-7-4-8-18(13)17(16)14(19)10-5-2-3-6-11(10)15(17)20/h2-3,5-6,12-13H,4,7-9H2,1H3/t12-,13+,16-/m0/s1. The Kier molecular flexibility index (Phi) is 1.72. The summed E-state index contributed by atoms with van der Waals surface area (Å²) in [4.78, 5) is 28.6. The van der Waals surface area contributed by atoms with E-state index in [0.29, 0.717) is 23.1 Å². The molecule has 3 nitrogen and oxygen atoms in total. The number of carbonyl (C=O) groups is 2. The number of ketones is 2. The van der Waals surface area contributed by atoms with E-state index in [4.69, 9.17) is 0 Å². The van der Waals surface area contributed by atoms with Crippen LogP contribution in [0, 0.1) is 11.3 Å². The fourth-order valence-corrected chi connectivity index (χ4v) is 5.48. The van der Waals surface area contributed by atoms with Crippen LogP contribution in [0.1, 0.15) is 46.9 Å². The van der Waals surface area contributed by atoms with Crippen LogP contribution in [0.15, 0.2) is 24.3 Å². The van der Waals surface area contributed by atoms with Gasteiger partial charge >= 0.3 is 0 Å². The molecule has 20 heavy (non-hydrogen) atoms. The van der Waals surface area contributed by atoms with Crippen molar-refractivity contribution >= 4 is 11.6 Å². The number of fused-ring (bicyclic) bond motifs is 6. The van der Waals surface area contributed by atoms with Crippen LogP contribution in [0.4, 0.5) is 0 Å². The highest BCUT2D eigenvalue weighted by Crippen LogP contribution is 2.73. The van der Waals surface area contributed by atoms with Gasteiger partial charge < -0.3 is 0 Å². The van der Waals surface area contributed by atoms with Crippen molar-refractivity contribution in [3.05, 3.63) is 35.4 Å². The van der Waals surface area contributed by atoms with E-state index in [1.807, 2.05) is 24.3 Å². The maximum Gasteiger partial charge on any atom is 0.192 e. The molecular weight excluding hydrogens is 250 g/mol. The quantitative estimate of drug-likeness (QED) is 0.677. The Morgan fingerprint density at radius 2 is 1.80 bits per heavy atom. The summed E-state index contributed by atoms with van der Waals surface area (Å²) in [5.41, 5.74) is 0.321. The summed E-state index contributed by atoms with van der Waals surface area (Å²) in [5, 5.41) is 0. The van der Waals surface area contributed by atoms with Gasteiger partial charge in [-0.05, 0) is 31.7 Å². The highest BCUT2D eigenvalue weighted by Gasteiger charge is 2.82. The molecule has 2 saturated heterocycles. The molecule has 5 rings (SSSR count). The smallest absolute Gasteiger partial charge is 0.192 e. The van der Waals surface area contributed by atoms with Gasteiger partial charge in [-0.15, -0.1) is 0 Å². The van der Waals surface area contributed by atoms with E-state index in [-0.39, 0.29) is 17.0 Å². The van der Waals surface area contributed by atoms with Crippen LogP contribution < -0.4 is 0 Å². The molecule has 0 aromatic heterocycles. The Morgan fingerprint density at radius 1 is 1.15 bits per heavy atom. The lowest BCUT2D eigenvalue weighted by molar-refractivity contribution is 0.0419. The van der Waals surface area contributed by atoms with Crippen LogP contribution in [-0.4, -0.2) is 34.6 Å². The third-order valence-corrected chi connectivity index (χ3v) is 6.40. The van der Waals surface area contributed by atoms with Gasteiger partial charge in [0.05, 0.1) is 0 Å². The first-order chi connectivity index (χ1) is 9.62. The summed E-state index contributed by atoms with van der Waals surface area (Å²) in [6.45, 7) is 3.07. The van der Waals surface area contributed by atoms with Crippen LogP contribution in [0.3, 0.4) is 0 Å². The predicted molar refractivity (Wildman–Crippen MR) is 73.8 cm³/mol. The Labute approximate surface area is 118 Å². The highest BCUT2D eigenvalue weighted by molar-refractivity contribution is 6.34. The Bertz CT molecular complexity index is 644. The second-order valence-corrected chi connectivity index (χ2v) is 7.05. The maximum atomic E-state index is 13.2. The summed E-state index contributed by atoms with van der Waals surface area (Å²) in [6, 6.07) is 7.85. The first-order valence-corrected chi connectivity index (χ1v) is 7.58. The Hall–Kier alpha value is -1.48. The van der Waals surface area contributed by atoms with Gasteiger partial charge in [0.1, 0.15) is 0 Å². The molecule has 3 heteroatoms. The highest BCUT2D eigenvalue weighted by atomic mass is 16.2. The molecule has 0 unspecified atom stereocenters. The summed E-state index contributed by atoms with van der Waals surface area (Å²) in [7, 11) is 0. The lowest BCUT2D eigenvalue weighted by atomic mass is 9.77. The molecule has 4 aliphatic rings. The summed E-state index contributed by atoms with van der Waals surface area (Å²) in [6.07, 6.45) is 3.31. The summed E-state index contributed by atoms with van der Waals surface area (Å²) < 4.78 is 0. The van der Waals surface area contributed by atoms with E-state index in [2.05, 4.69) is 11.8 Å². The van der Waals surface area contributed by atoms with Crippen LogP contribution >= 0.6 is 0 Å². The van der Waals surface area contributed by atoms with Crippen molar-refractivity contribution in [1.82, 2.24) is 4.90 Å². The number of rotatable bonds is 0. The van der Waals surface area contributed by atoms with Crippen LogP contribution in [0.2, 0.25) is 0 Å². The number of hydrogen-bond acceptors (Lipinski definition) is 3. The summed E-state index contributed by atoms with van der Waals surface area (Å²) >= 11 is 0. The van der Waals surface area contributed by atoms with E-state index in [0.717, 1.165) is 25.8 Å². The normalized spacial score (nSPS) is 40.0. The maximum absolute atomic E-state index is 13.2. The number of piperidine rings is 1. The number of carbonyl (C=O) groups excluding carboxylic acids is 2. The second kappa shape index (κ2) is 3.06. The minimum Gasteiger partial charge on any atom is -0.291 e. The van der Waals surface area contributed by atoms with Crippen molar-refractivity contribution in [2.75, 3.05) is 6.54 Å². The third-order valence-electron chi connectivity index (χ3n) is 6.40. The lowest BCUT2D eigenvalue weighted by Gasteiger charge is -2.38. The molecule has 2 heterocycles. The monoisotopic (exact) mass is 267 g/mol. The van der Waals surface area contributed by atoms with Gasteiger partial charge in [0.25, 0.3) is 0 Å². The van der Waals surface area contributed by atoms with Crippen LogP contribution in [0.5, 0.6) is 0 Å². The molecule has 102 valence electrons. The fraction of sp³-hybridized carbons (Fsp3) is 0.529. The number of Topliss-reactive ketones (excluding diaryl/α,β-unsaturated/α-hetero) is 2. The minimum atomic E-state index is -0.859. The third kappa shape index (κ3) is 0.873. The van der Waals surface area contributed by atoms with Crippen molar-refractivity contribution in [3.63, 3.8) is 0 Å². The molecule has 1 aromatic carbocycles. The molecule has 3 fully saturated rings. The van der Waals surface area contributed by atoms with E-state index < -0.39 is 5.54 Å². The largest absolute Gasteiger partial charge is 0.291 e.